The molecule has 0 atom stereocenters. The number of hydrogen-bond acceptors (Lipinski definition) is 3. The molecule has 0 heterocycles. The van der Waals surface area contributed by atoms with E-state index in [1.54, 1.807) is 25.1 Å². The van der Waals surface area contributed by atoms with E-state index < -0.39 is 7.60 Å². The third kappa shape index (κ3) is 2.26. The van der Waals surface area contributed by atoms with Crippen LogP contribution in [0.2, 0.25) is 0 Å². The molecule has 0 amide bonds. The van der Waals surface area contributed by atoms with Crippen molar-refractivity contribution in [2.24, 2.45) is 0 Å². The van der Waals surface area contributed by atoms with E-state index in [1.807, 2.05) is 0 Å². The lowest BCUT2D eigenvalue weighted by Crippen LogP contribution is -2.15. The lowest BCUT2D eigenvalue weighted by molar-refractivity contribution is 0.387. The van der Waals surface area contributed by atoms with Crippen molar-refractivity contribution in [3.63, 3.8) is 0 Å². The van der Waals surface area contributed by atoms with Gasteiger partial charge in [0.2, 0.25) is 0 Å². The SMILES string of the molecule is CN(C)c1ccc(N)c(P(=O)(O)O)c1. The summed E-state index contributed by atoms with van der Waals surface area (Å²) in [7, 11) is -0.701. The summed E-state index contributed by atoms with van der Waals surface area (Å²) in [5.74, 6) is 0. The van der Waals surface area contributed by atoms with Crippen LogP contribution in [0.3, 0.4) is 0 Å². The Labute approximate surface area is 82.3 Å². The van der Waals surface area contributed by atoms with Gasteiger partial charge in [-0.15, -0.1) is 0 Å². The Bertz CT molecular complexity index is 386. The van der Waals surface area contributed by atoms with Gasteiger partial charge in [0.05, 0.1) is 5.30 Å². The van der Waals surface area contributed by atoms with E-state index in [9.17, 15) is 4.57 Å². The average Bonchev–Trinajstić information content (AvgIpc) is 2.02. The highest BCUT2D eigenvalue weighted by Gasteiger charge is 2.20. The van der Waals surface area contributed by atoms with Crippen LogP contribution >= 0.6 is 7.60 Å². The maximum atomic E-state index is 11.0. The average molecular weight is 216 g/mol. The van der Waals surface area contributed by atoms with Gasteiger partial charge in [0.15, 0.2) is 0 Å². The van der Waals surface area contributed by atoms with Crippen molar-refractivity contribution in [2.75, 3.05) is 24.7 Å². The van der Waals surface area contributed by atoms with Gasteiger partial charge in [0.1, 0.15) is 0 Å². The summed E-state index contributed by atoms with van der Waals surface area (Å²) >= 11 is 0. The van der Waals surface area contributed by atoms with Crippen LogP contribution in [0.4, 0.5) is 11.4 Å². The van der Waals surface area contributed by atoms with Crippen molar-refractivity contribution in [1.29, 1.82) is 0 Å². The minimum Gasteiger partial charge on any atom is -0.398 e. The third-order valence-corrected chi connectivity index (χ3v) is 2.86. The molecule has 1 aromatic carbocycles. The highest BCUT2D eigenvalue weighted by molar-refractivity contribution is 7.60. The molecule has 0 radical (unpaired) electrons. The minimum atomic E-state index is -4.27. The maximum Gasteiger partial charge on any atom is 0.358 e. The molecule has 0 aliphatic heterocycles. The molecule has 0 aromatic heterocycles. The van der Waals surface area contributed by atoms with Gasteiger partial charge in [-0.05, 0) is 18.2 Å². The molecular formula is C8H13N2O3P. The van der Waals surface area contributed by atoms with E-state index in [2.05, 4.69) is 0 Å². The largest absolute Gasteiger partial charge is 0.398 e. The van der Waals surface area contributed by atoms with E-state index in [-0.39, 0.29) is 11.0 Å². The second kappa shape index (κ2) is 3.61. The fraction of sp³-hybridized carbons (Fsp3) is 0.250. The van der Waals surface area contributed by atoms with Crippen molar-refractivity contribution in [3.8, 4) is 0 Å². The summed E-state index contributed by atoms with van der Waals surface area (Å²) in [5, 5.41) is -0.122. The van der Waals surface area contributed by atoms with Crippen LogP contribution in [0.15, 0.2) is 18.2 Å². The number of hydrogen-bond donors (Lipinski definition) is 3. The number of benzene rings is 1. The molecule has 5 nitrogen and oxygen atoms in total. The molecule has 1 rings (SSSR count). The van der Waals surface area contributed by atoms with Gasteiger partial charge in [-0.3, -0.25) is 4.57 Å². The molecule has 0 saturated heterocycles. The molecule has 0 unspecified atom stereocenters. The van der Waals surface area contributed by atoms with E-state index in [0.717, 1.165) is 0 Å². The number of nitrogens with two attached hydrogens (primary N) is 1. The van der Waals surface area contributed by atoms with Crippen LogP contribution in [-0.2, 0) is 4.57 Å². The Morgan fingerprint density at radius 3 is 2.36 bits per heavy atom. The van der Waals surface area contributed by atoms with Gasteiger partial charge in [-0.25, -0.2) is 0 Å². The maximum absolute atomic E-state index is 11.0. The molecule has 1 aromatic rings. The number of nitrogens with zero attached hydrogens (tertiary/aromatic N) is 1. The van der Waals surface area contributed by atoms with Gasteiger partial charge >= 0.3 is 7.60 Å². The standard InChI is InChI=1S/C8H13N2O3P/c1-10(2)6-3-4-7(9)8(5-6)14(11,12)13/h3-5H,9H2,1-2H3,(H2,11,12,13). The van der Waals surface area contributed by atoms with Crippen LogP contribution in [0, 0.1) is 0 Å². The second-order valence-electron chi connectivity index (χ2n) is 3.18. The lowest BCUT2D eigenvalue weighted by Gasteiger charge is -2.15. The lowest BCUT2D eigenvalue weighted by atomic mass is 10.3. The van der Waals surface area contributed by atoms with Crippen LogP contribution in [0.25, 0.3) is 0 Å². The first-order valence-electron chi connectivity index (χ1n) is 3.95. The molecule has 14 heavy (non-hydrogen) atoms. The van der Waals surface area contributed by atoms with Crippen molar-refractivity contribution in [1.82, 2.24) is 0 Å². The van der Waals surface area contributed by atoms with Crippen molar-refractivity contribution >= 4 is 24.3 Å². The van der Waals surface area contributed by atoms with Crippen LogP contribution in [0.1, 0.15) is 0 Å². The third-order valence-electron chi connectivity index (χ3n) is 1.84. The van der Waals surface area contributed by atoms with Crippen LogP contribution in [0.5, 0.6) is 0 Å². The van der Waals surface area contributed by atoms with E-state index >= 15 is 0 Å². The monoisotopic (exact) mass is 216 g/mol. The van der Waals surface area contributed by atoms with Crippen molar-refractivity contribution in [3.05, 3.63) is 18.2 Å². The zero-order valence-corrected chi connectivity index (χ0v) is 8.90. The van der Waals surface area contributed by atoms with Gasteiger partial charge in [-0.2, -0.15) is 0 Å². The zero-order chi connectivity index (χ0) is 10.9. The molecule has 0 spiro atoms. The molecule has 0 aliphatic carbocycles. The highest BCUT2D eigenvalue weighted by atomic mass is 31.2. The van der Waals surface area contributed by atoms with E-state index in [1.165, 1.54) is 12.1 Å². The predicted octanol–water partition coefficient (Wildman–Crippen LogP) is 0.138. The van der Waals surface area contributed by atoms with E-state index in [0.29, 0.717) is 5.69 Å². The summed E-state index contributed by atoms with van der Waals surface area (Å²) < 4.78 is 11.0. The van der Waals surface area contributed by atoms with Crippen molar-refractivity contribution < 1.29 is 14.4 Å². The molecule has 0 aliphatic rings. The zero-order valence-electron chi connectivity index (χ0n) is 8.01. The summed E-state index contributed by atoms with van der Waals surface area (Å²) in [6.45, 7) is 0. The number of anilines is 2. The summed E-state index contributed by atoms with van der Waals surface area (Å²) in [4.78, 5) is 19.7. The summed E-state index contributed by atoms with van der Waals surface area (Å²) in [6, 6.07) is 4.59. The smallest absolute Gasteiger partial charge is 0.358 e. The van der Waals surface area contributed by atoms with Gasteiger partial charge in [0.25, 0.3) is 0 Å². The van der Waals surface area contributed by atoms with Crippen LogP contribution in [-0.4, -0.2) is 23.9 Å². The first-order valence-corrected chi connectivity index (χ1v) is 5.56. The second-order valence-corrected chi connectivity index (χ2v) is 4.75. The molecule has 78 valence electrons. The summed E-state index contributed by atoms with van der Waals surface area (Å²) in [5.41, 5.74) is 6.29. The van der Waals surface area contributed by atoms with E-state index in [4.69, 9.17) is 15.5 Å². The Hall–Kier alpha value is -1.03. The predicted molar refractivity (Wildman–Crippen MR) is 56.9 cm³/mol. The minimum absolute atomic E-state index is 0.115. The summed E-state index contributed by atoms with van der Waals surface area (Å²) in [6.07, 6.45) is 0. The number of nitrogen functional groups attached to an aromatic ring is 1. The van der Waals surface area contributed by atoms with Gasteiger partial charge in [-0.1, -0.05) is 0 Å². The normalized spacial score (nSPS) is 11.4. The van der Waals surface area contributed by atoms with Crippen molar-refractivity contribution in [2.45, 2.75) is 0 Å². The Balaban J connectivity index is 3.29. The number of rotatable bonds is 2. The van der Waals surface area contributed by atoms with Gasteiger partial charge in [0, 0.05) is 25.5 Å². The molecule has 6 heteroatoms. The fourth-order valence-electron chi connectivity index (χ4n) is 1.06. The highest BCUT2D eigenvalue weighted by Crippen LogP contribution is 2.36. The Kier molecular flexibility index (Phi) is 2.85. The van der Waals surface area contributed by atoms with Gasteiger partial charge < -0.3 is 20.4 Å². The molecular weight excluding hydrogens is 203 g/mol. The first kappa shape index (κ1) is 11.0. The quantitative estimate of drug-likeness (QED) is 0.483. The molecule has 0 fully saturated rings. The molecule has 4 N–H and O–H groups in total. The molecule has 0 saturated carbocycles. The fourth-order valence-corrected chi connectivity index (χ4v) is 1.77. The Morgan fingerprint density at radius 2 is 1.93 bits per heavy atom. The molecule has 0 bridgehead atoms. The van der Waals surface area contributed by atoms with Crippen LogP contribution < -0.4 is 15.9 Å². The Morgan fingerprint density at radius 1 is 1.36 bits per heavy atom. The topological polar surface area (TPSA) is 86.8 Å². The first-order chi connectivity index (χ1) is 6.32.